The summed E-state index contributed by atoms with van der Waals surface area (Å²) in [6, 6.07) is 7.92. The number of rotatable bonds is 5. The maximum atomic E-state index is 12.9. The first kappa shape index (κ1) is 18.1. The molecule has 6 nitrogen and oxygen atoms in total. The smallest absolute Gasteiger partial charge is 0.251 e. The van der Waals surface area contributed by atoms with Crippen LogP contribution in [-0.2, 0) is 0 Å². The van der Waals surface area contributed by atoms with Crippen LogP contribution in [0.25, 0.3) is 0 Å². The Balaban J connectivity index is 1.49. The van der Waals surface area contributed by atoms with Gasteiger partial charge in [0.25, 0.3) is 5.91 Å². The van der Waals surface area contributed by atoms with Gasteiger partial charge in [-0.15, -0.1) is 0 Å². The molecular weight excluding hydrogens is 333 g/mol. The maximum Gasteiger partial charge on any atom is 0.251 e. The molecule has 1 aromatic heterocycles. The zero-order chi connectivity index (χ0) is 18.5. The minimum Gasteiger partial charge on any atom is -0.363 e. The van der Waals surface area contributed by atoms with E-state index in [1.165, 1.54) is 24.3 Å². The molecule has 2 N–H and O–H groups in total. The molecule has 0 aliphatic heterocycles. The van der Waals surface area contributed by atoms with Crippen LogP contribution in [0.4, 0.5) is 16.2 Å². The summed E-state index contributed by atoms with van der Waals surface area (Å²) in [6.45, 7) is 0. The van der Waals surface area contributed by atoms with Crippen molar-refractivity contribution in [1.82, 2.24) is 15.3 Å². The van der Waals surface area contributed by atoms with Crippen LogP contribution in [0.15, 0.2) is 36.5 Å². The fourth-order valence-corrected chi connectivity index (χ4v) is 3.10. The fraction of sp³-hybridized carbons (Fsp3) is 0.421. The molecule has 138 valence electrons. The van der Waals surface area contributed by atoms with Gasteiger partial charge < -0.3 is 15.5 Å². The van der Waals surface area contributed by atoms with Crippen molar-refractivity contribution in [2.75, 3.05) is 24.3 Å². The molecule has 1 aromatic carbocycles. The average molecular weight is 357 g/mol. The predicted molar refractivity (Wildman–Crippen MR) is 99.9 cm³/mol. The van der Waals surface area contributed by atoms with Gasteiger partial charge in [-0.05, 0) is 56.0 Å². The second-order valence-electron chi connectivity index (χ2n) is 6.81. The van der Waals surface area contributed by atoms with Gasteiger partial charge in [-0.25, -0.2) is 9.37 Å². The van der Waals surface area contributed by atoms with E-state index >= 15 is 0 Å². The number of carbonyl (C=O) groups excluding carboxylic acids is 1. The molecule has 1 heterocycles. The van der Waals surface area contributed by atoms with Crippen LogP contribution in [0.3, 0.4) is 0 Å². The summed E-state index contributed by atoms with van der Waals surface area (Å²) in [5.74, 6) is 1.01. The van der Waals surface area contributed by atoms with E-state index in [0.717, 1.165) is 31.5 Å². The largest absolute Gasteiger partial charge is 0.363 e. The molecule has 1 saturated carbocycles. The number of hydrogen-bond acceptors (Lipinski definition) is 5. The van der Waals surface area contributed by atoms with Crippen LogP contribution < -0.4 is 15.5 Å². The van der Waals surface area contributed by atoms with Gasteiger partial charge in [0.1, 0.15) is 11.6 Å². The molecular formula is C19H24FN5O. The highest BCUT2D eigenvalue weighted by Gasteiger charge is 2.23. The SMILES string of the molecule is CN(C)c1ccnc(N[C@H]2CC[C@@H](NC(=O)c3ccc(F)cc3)CC2)n1. The third-order valence-electron chi connectivity index (χ3n) is 4.60. The van der Waals surface area contributed by atoms with Crippen molar-refractivity contribution >= 4 is 17.7 Å². The number of hydrogen-bond donors (Lipinski definition) is 2. The summed E-state index contributed by atoms with van der Waals surface area (Å²) < 4.78 is 12.9. The minimum absolute atomic E-state index is 0.139. The summed E-state index contributed by atoms with van der Waals surface area (Å²) in [5.41, 5.74) is 0.487. The number of halogens is 1. The number of nitrogens with zero attached hydrogens (tertiary/aromatic N) is 3. The van der Waals surface area contributed by atoms with Crippen molar-refractivity contribution in [2.45, 2.75) is 37.8 Å². The van der Waals surface area contributed by atoms with E-state index in [1.807, 2.05) is 25.1 Å². The van der Waals surface area contributed by atoms with Crippen LogP contribution in [-0.4, -0.2) is 42.1 Å². The van der Waals surface area contributed by atoms with Crippen molar-refractivity contribution in [2.24, 2.45) is 0 Å². The number of nitrogens with one attached hydrogen (secondary N) is 2. The standard InChI is InChI=1S/C19H24FN5O/c1-25(2)17-11-12-21-19(24-17)23-16-9-7-15(8-10-16)22-18(26)13-3-5-14(20)6-4-13/h3-6,11-12,15-16H,7-10H2,1-2H3,(H,22,26)(H,21,23,24)/t15-,16+. The Hall–Kier alpha value is -2.70. The molecule has 3 rings (SSSR count). The molecule has 0 unspecified atom stereocenters. The maximum absolute atomic E-state index is 12.9. The number of anilines is 2. The van der Waals surface area contributed by atoms with E-state index in [2.05, 4.69) is 20.6 Å². The van der Waals surface area contributed by atoms with E-state index in [4.69, 9.17) is 0 Å². The van der Waals surface area contributed by atoms with Gasteiger partial charge in [-0.3, -0.25) is 4.79 Å². The number of amides is 1. The highest BCUT2D eigenvalue weighted by Crippen LogP contribution is 2.22. The molecule has 7 heteroatoms. The Kier molecular flexibility index (Phi) is 5.65. The zero-order valence-electron chi connectivity index (χ0n) is 15.1. The lowest BCUT2D eigenvalue weighted by molar-refractivity contribution is 0.0926. The minimum atomic E-state index is -0.339. The van der Waals surface area contributed by atoms with Crippen LogP contribution in [0.2, 0.25) is 0 Å². The lowest BCUT2D eigenvalue weighted by Crippen LogP contribution is -2.40. The fourth-order valence-electron chi connectivity index (χ4n) is 3.10. The lowest BCUT2D eigenvalue weighted by Gasteiger charge is -2.29. The van der Waals surface area contributed by atoms with E-state index in [0.29, 0.717) is 17.6 Å². The van der Waals surface area contributed by atoms with Gasteiger partial charge in [-0.1, -0.05) is 0 Å². The van der Waals surface area contributed by atoms with E-state index in [1.54, 1.807) is 6.20 Å². The summed E-state index contributed by atoms with van der Waals surface area (Å²) in [4.78, 5) is 22.9. The topological polar surface area (TPSA) is 70.2 Å². The lowest BCUT2D eigenvalue weighted by atomic mass is 9.91. The Morgan fingerprint density at radius 2 is 1.73 bits per heavy atom. The molecule has 0 radical (unpaired) electrons. The third kappa shape index (κ3) is 4.68. The number of carbonyl (C=O) groups is 1. The molecule has 1 fully saturated rings. The third-order valence-corrected chi connectivity index (χ3v) is 4.60. The van der Waals surface area contributed by atoms with Crippen molar-refractivity contribution < 1.29 is 9.18 Å². The van der Waals surface area contributed by atoms with Crippen molar-refractivity contribution in [3.8, 4) is 0 Å². The number of aromatic nitrogens is 2. The van der Waals surface area contributed by atoms with E-state index in [9.17, 15) is 9.18 Å². The predicted octanol–water partition coefficient (Wildman–Crippen LogP) is 2.83. The molecule has 0 bridgehead atoms. The Bertz CT molecular complexity index is 742. The molecule has 26 heavy (non-hydrogen) atoms. The second-order valence-corrected chi connectivity index (χ2v) is 6.81. The first-order chi connectivity index (χ1) is 12.5. The van der Waals surface area contributed by atoms with Crippen LogP contribution in [0, 0.1) is 5.82 Å². The van der Waals surface area contributed by atoms with Crippen molar-refractivity contribution in [3.63, 3.8) is 0 Å². The second kappa shape index (κ2) is 8.12. The molecule has 2 aromatic rings. The van der Waals surface area contributed by atoms with E-state index < -0.39 is 0 Å². The summed E-state index contributed by atoms with van der Waals surface area (Å²) in [5, 5.41) is 6.42. The highest BCUT2D eigenvalue weighted by atomic mass is 19.1. The quantitative estimate of drug-likeness (QED) is 0.861. The van der Waals surface area contributed by atoms with Gasteiger partial charge in [-0.2, -0.15) is 4.98 Å². The highest BCUT2D eigenvalue weighted by molar-refractivity contribution is 5.94. The molecule has 0 spiro atoms. The average Bonchev–Trinajstić information content (AvgIpc) is 2.64. The van der Waals surface area contributed by atoms with Crippen LogP contribution in [0.1, 0.15) is 36.0 Å². The van der Waals surface area contributed by atoms with Crippen molar-refractivity contribution in [1.29, 1.82) is 0 Å². The van der Waals surface area contributed by atoms with Gasteiger partial charge in [0.05, 0.1) is 0 Å². The molecule has 0 saturated heterocycles. The van der Waals surface area contributed by atoms with E-state index in [-0.39, 0.29) is 17.8 Å². The summed E-state index contributed by atoms with van der Waals surface area (Å²) >= 11 is 0. The van der Waals surface area contributed by atoms with Gasteiger partial charge in [0, 0.05) is 37.9 Å². The first-order valence-electron chi connectivity index (χ1n) is 8.84. The Labute approximate surface area is 152 Å². The van der Waals surface area contributed by atoms with Gasteiger partial charge in [0.2, 0.25) is 5.95 Å². The Morgan fingerprint density at radius 3 is 2.38 bits per heavy atom. The van der Waals surface area contributed by atoms with Gasteiger partial charge >= 0.3 is 0 Å². The monoisotopic (exact) mass is 357 g/mol. The first-order valence-corrected chi connectivity index (χ1v) is 8.84. The Morgan fingerprint density at radius 1 is 1.08 bits per heavy atom. The summed E-state index contributed by atoms with van der Waals surface area (Å²) in [6.07, 6.45) is 5.39. The molecule has 1 aliphatic carbocycles. The molecule has 1 aliphatic rings. The number of benzene rings is 1. The normalized spacial score (nSPS) is 19.7. The molecule has 1 amide bonds. The molecule has 0 atom stereocenters. The van der Waals surface area contributed by atoms with Crippen molar-refractivity contribution in [3.05, 3.63) is 47.9 Å². The van der Waals surface area contributed by atoms with Crippen LogP contribution >= 0.6 is 0 Å². The van der Waals surface area contributed by atoms with Crippen LogP contribution in [0.5, 0.6) is 0 Å². The zero-order valence-corrected chi connectivity index (χ0v) is 15.1. The summed E-state index contributed by atoms with van der Waals surface area (Å²) in [7, 11) is 3.89. The van der Waals surface area contributed by atoms with Gasteiger partial charge in [0.15, 0.2) is 0 Å².